The van der Waals surface area contributed by atoms with E-state index in [-0.39, 0.29) is 6.42 Å². The molecule has 1 N–H and O–H groups in total. The largest absolute Gasteiger partial charge is 0.486 e. The molecule has 0 spiro atoms. The molecular weight excluding hydrogens is 346 g/mol. The van der Waals surface area contributed by atoms with Gasteiger partial charge in [0.1, 0.15) is 13.2 Å². The lowest BCUT2D eigenvalue weighted by atomic mass is 10.0. The summed E-state index contributed by atoms with van der Waals surface area (Å²) >= 11 is 0. The maximum absolute atomic E-state index is 12.3. The number of hydrogen-bond acceptors (Lipinski definition) is 5. The molecule has 0 bridgehead atoms. The molecule has 27 heavy (non-hydrogen) atoms. The van der Waals surface area contributed by atoms with E-state index in [1.807, 2.05) is 32.0 Å². The molecule has 1 aliphatic rings. The van der Waals surface area contributed by atoms with Crippen LogP contribution >= 0.6 is 0 Å². The smallest absolute Gasteiger partial charge is 0.311 e. The molecule has 3 rings (SSSR count). The summed E-state index contributed by atoms with van der Waals surface area (Å²) in [6.45, 7) is 6.53. The summed E-state index contributed by atoms with van der Waals surface area (Å²) in [5.41, 5.74) is 3.70. The lowest BCUT2D eigenvalue weighted by molar-refractivity contribution is -0.152. The molecule has 2 aromatic carbocycles. The highest BCUT2D eigenvalue weighted by Gasteiger charge is 2.19. The number of anilines is 1. The van der Waals surface area contributed by atoms with Crippen LogP contribution in [0.15, 0.2) is 36.4 Å². The van der Waals surface area contributed by atoms with Crippen molar-refractivity contribution in [1.29, 1.82) is 0 Å². The van der Waals surface area contributed by atoms with Crippen LogP contribution in [0.25, 0.3) is 0 Å². The van der Waals surface area contributed by atoms with E-state index in [4.69, 9.17) is 14.2 Å². The number of amides is 1. The highest BCUT2D eigenvalue weighted by Crippen LogP contribution is 2.32. The second-order valence-corrected chi connectivity index (χ2v) is 6.58. The first-order valence-electron chi connectivity index (χ1n) is 8.88. The lowest BCUT2D eigenvalue weighted by Crippen LogP contribution is -2.30. The third-order valence-corrected chi connectivity index (χ3v) is 4.41. The molecule has 0 aliphatic carbocycles. The normalized spacial score (nSPS) is 13.6. The minimum Gasteiger partial charge on any atom is -0.486 e. The molecule has 0 saturated carbocycles. The molecule has 0 aromatic heterocycles. The minimum absolute atomic E-state index is 0.128. The number of carbonyl (C=O) groups excluding carboxylic acids is 2. The molecule has 1 aliphatic heterocycles. The molecule has 0 unspecified atom stereocenters. The van der Waals surface area contributed by atoms with Gasteiger partial charge in [-0.15, -0.1) is 0 Å². The van der Waals surface area contributed by atoms with E-state index in [9.17, 15) is 9.59 Å². The van der Waals surface area contributed by atoms with Crippen molar-refractivity contribution in [3.8, 4) is 11.5 Å². The molecule has 0 radical (unpaired) electrons. The summed E-state index contributed by atoms with van der Waals surface area (Å²) in [6.07, 6.45) is -0.778. The van der Waals surface area contributed by atoms with Gasteiger partial charge >= 0.3 is 5.97 Å². The Morgan fingerprint density at radius 2 is 1.78 bits per heavy atom. The zero-order valence-electron chi connectivity index (χ0n) is 15.7. The van der Waals surface area contributed by atoms with Crippen LogP contribution in [0.5, 0.6) is 11.5 Å². The van der Waals surface area contributed by atoms with Crippen LogP contribution in [-0.4, -0.2) is 31.2 Å². The van der Waals surface area contributed by atoms with Crippen LogP contribution < -0.4 is 14.8 Å². The summed E-state index contributed by atoms with van der Waals surface area (Å²) in [6, 6.07) is 11.0. The van der Waals surface area contributed by atoms with E-state index in [2.05, 4.69) is 5.32 Å². The number of carbonyl (C=O) groups is 2. The van der Waals surface area contributed by atoms with Gasteiger partial charge in [0.25, 0.3) is 5.91 Å². The Morgan fingerprint density at radius 3 is 2.52 bits per heavy atom. The van der Waals surface area contributed by atoms with E-state index in [0.29, 0.717) is 30.4 Å². The van der Waals surface area contributed by atoms with Gasteiger partial charge in [-0.25, -0.2) is 0 Å². The number of esters is 1. The van der Waals surface area contributed by atoms with Crippen LogP contribution in [0.4, 0.5) is 5.69 Å². The van der Waals surface area contributed by atoms with Crippen molar-refractivity contribution in [3.63, 3.8) is 0 Å². The minimum atomic E-state index is -0.905. The Kier molecular flexibility index (Phi) is 5.64. The molecule has 1 atom stereocenters. The maximum Gasteiger partial charge on any atom is 0.311 e. The first-order chi connectivity index (χ1) is 12.9. The van der Waals surface area contributed by atoms with Gasteiger partial charge in [0.05, 0.1) is 6.42 Å². The van der Waals surface area contributed by atoms with Crippen molar-refractivity contribution >= 4 is 17.6 Å². The topological polar surface area (TPSA) is 73.9 Å². The zero-order chi connectivity index (χ0) is 19.4. The number of aryl methyl sites for hydroxylation is 2. The summed E-state index contributed by atoms with van der Waals surface area (Å²) in [7, 11) is 0. The van der Waals surface area contributed by atoms with Gasteiger partial charge < -0.3 is 19.5 Å². The number of ether oxygens (including phenoxy) is 3. The molecule has 6 nitrogen and oxygen atoms in total. The van der Waals surface area contributed by atoms with Gasteiger partial charge in [0, 0.05) is 11.8 Å². The molecular formula is C21H23NO5. The van der Waals surface area contributed by atoms with Gasteiger partial charge in [-0.2, -0.15) is 0 Å². The SMILES string of the molecule is Cc1ccc(CC(=O)O[C@H](C)C(=O)Nc2ccc3c(c2)OCCO3)cc1C. The van der Waals surface area contributed by atoms with Crippen molar-refractivity contribution < 1.29 is 23.8 Å². The van der Waals surface area contributed by atoms with Crippen LogP contribution in [0.1, 0.15) is 23.6 Å². The number of benzene rings is 2. The highest BCUT2D eigenvalue weighted by atomic mass is 16.6. The summed E-state index contributed by atoms with van der Waals surface area (Å²) < 4.78 is 16.2. The third-order valence-electron chi connectivity index (χ3n) is 4.41. The van der Waals surface area contributed by atoms with Gasteiger partial charge in [0.2, 0.25) is 0 Å². The molecule has 0 fully saturated rings. The van der Waals surface area contributed by atoms with E-state index in [0.717, 1.165) is 11.1 Å². The summed E-state index contributed by atoms with van der Waals surface area (Å²) in [5, 5.41) is 2.73. The standard InChI is InChI=1S/C21H23NO5/c1-13-4-5-16(10-14(13)2)11-20(23)27-15(3)21(24)22-17-6-7-18-19(12-17)26-9-8-25-18/h4-7,10,12,15H,8-9,11H2,1-3H3,(H,22,24)/t15-/m1/s1. The number of hydrogen-bond donors (Lipinski definition) is 1. The number of fused-ring (bicyclic) bond motifs is 1. The first-order valence-corrected chi connectivity index (χ1v) is 8.88. The van der Waals surface area contributed by atoms with E-state index >= 15 is 0 Å². The highest BCUT2D eigenvalue weighted by molar-refractivity contribution is 5.95. The summed E-state index contributed by atoms with van der Waals surface area (Å²) in [4.78, 5) is 24.4. The maximum atomic E-state index is 12.3. The molecule has 1 amide bonds. The lowest BCUT2D eigenvalue weighted by Gasteiger charge is -2.19. The molecule has 0 saturated heterocycles. The van der Waals surface area contributed by atoms with Crippen LogP contribution in [0.2, 0.25) is 0 Å². The van der Waals surface area contributed by atoms with E-state index in [1.165, 1.54) is 5.56 Å². The molecule has 1 heterocycles. The number of nitrogens with one attached hydrogen (secondary N) is 1. The van der Waals surface area contributed by atoms with Crippen LogP contribution in [0, 0.1) is 13.8 Å². The van der Waals surface area contributed by atoms with Crippen molar-refractivity contribution in [2.24, 2.45) is 0 Å². The fourth-order valence-electron chi connectivity index (χ4n) is 2.74. The van der Waals surface area contributed by atoms with Gasteiger partial charge in [0.15, 0.2) is 17.6 Å². The third kappa shape index (κ3) is 4.78. The first kappa shape index (κ1) is 18.8. The summed E-state index contributed by atoms with van der Waals surface area (Å²) in [5.74, 6) is 0.383. The Hall–Kier alpha value is -3.02. The van der Waals surface area contributed by atoms with Crippen LogP contribution in [-0.2, 0) is 20.7 Å². The van der Waals surface area contributed by atoms with Crippen molar-refractivity contribution in [1.82, 2.24) is 0 Å². The van der Waals surface area contributed by atoms with Crippen molar-refractivity contribution in [2.75, 3.05) is 18.5 Å². The molecule has 142 valence electrons. The molecule has 2 aromatic rings. The monoisotopic (exact) mass is 369 g/mol. The zero-order valence-corrected chi connectivity index (χ0v) is 15.7. The van der Waals surface area contributed by atoms with Gasteiger partial charge in [-0.1, -0.05) is 18.2 Å². The van der Waals surface area contributed by atoms with E-state index in [1.54, 1.807) is 25.1 Å². The predicted molar refractivity (Wildman–Crippen MR) is 101 cm³/mol. The Labute approximate surface area is 158 Å². The van der Waals surface area contributed by atoms with Gasteiger partial charge in [-0.3, -0.25) is 9.59 Å². The van der Waals surface area contributed by atoms with Crippen molar-refractivity contribution in [2.45, 2.75) is 33.3 Å². The Morgan fingerprint density at radius 1 is 1.04 bits per heavy atom. The van der Waals surface area contributed by atoms with Crippen molar-refractivity contribution in [3.05, 3.63) is 53.1 Å². The average Bonchev–Trinajstić information content (AvgIpc) is 2.64. The fraction of sp³-hybridized carbons (Fsp3) is 0.333. The second kappa shape index (κ2) is 8.12. The average molecular weight is 369 g/mol. The molecule has 6 heteroatoms. The second-order valence-electron chi connectivity index (χ2n) is 6.58. The Balaban J connectivity index is 1.55. The quantitative estimate of drug-likeness (QED) is 0.820. The van der Waals surface area contributed by atoms with E-state index < -0.39 is 18.0 Å². The number of rotatable bonds is 5. The fourth-order valence-corrected chi connectivity index (χ4v) is 2.74. The van der Waals surface area contributed by atoms with Crippen LogP contribution in [0.3, 0.4) is 0 Å². The van der Waals surface area contributed by atoms with Gasteiger partial charge in [-0.05, 0) is 49.6 Å². The Bertz CT molecular complexity index is 862. The predicted octanol–water partition coefficient (Wildman–Crippen LogP) is 3.19.